The normalized spacial score (nSPS) is 19.6. The van der Waals surface area contributed by atoms with E-state index in [4.69, 9.17) is 23.2 Å². The number of Topliss-reactive ketones (excluding diaryl/α,β-unsaturated/α-hetero) is 1. The smallest absolute Gasteiger partial charge is 0.326 e. The van der Waals surface area contributed by atoms with Crippen molar-refractivity contribution in [1.82, 2.24) is 9.88 Å². The lowest BCUT2D eigenvalue weighted by atomic mass is 9.86. The van der Waals surface area contributed by atoms with E-state index in [1.54, 1.807) is 0 Å². The largest absolute Gasteiger partial charge is 0.478 e. The first-order valence-corrected chi connectivity index (χ1v) is 12.6. The molecule has 1 fully saturated rings. The molecule has 4 rings (SSSR count). The average molecular weight is 575 g/mol. The van der Waals surface area contributed by atoms with Crippen molar-refractivity contribution in [2.45, 2.75) is 51.4 Å². The van der Waals surface area contributed by atoms with Gasteiger partial charge in [-0.1, -0.05) is 30.1 Å². The number of amides is 1. The van der Waals surface area contributed by atoms with Crippen molar-refractivity contribution in [3.8, 4) is 0 Å². The van der Waals surface area contributed by atoms with Crippen molar-refractivity contribution in [2.75, 3.05) is 6.54 Å². The molecule has 0 atom stereocenters. The molecular formula is C26H23Cl2F5N3O2+. The van der Waals surface area contributed by atoms with Crippen LogP contribution in [0.15, 0.2) is 42.4 Å². The van der Waals surface area contributed by atoms with Gasteiger partial charge in [0, 0.05) is 37.8 Å². The Balaban J connectivity index is 1.67. The number of ketones is 1. The van der Waals surface area contributed by atoms with E-state index in [2.05, 4.69) is 4.98 Å². The molecule has 0 unspecified atom stereocenters. The van der Waals surface area contributed by atoms with Crippen LogP contribution in [0, 0.1) is 17.6 Å². The van der Waals surface area contributed by atoms with Crippen LogP contribution in [0.3, 0.4) is 0 Å². The molecule has 5 nitrogen and oxygen atoms in total. The van der Waals surface area contributed by atoms with Gasteiger partial charge in [0.2, 0.25) is 0 Å². The maximum absolute atomic E-state index is 14.1. The zero-order valence-corrected chi connectivity index (χ0v) is 21.7. The number of carbonyl (C=O) groups excluding carboxylic acids is 2. The third-order valence-electron chi connectivity index (χ3n) is 6.71. The Morgan fingerprint density at radius 1 is 1.03 bits per heavy atom. The van der Waals surface area contributed by atoms with Crippen LogP contribution in [0.5, 0.6) is 0 Å². The van der Waals surface area contributed by atoms with Crippen LogP contribution in [0.25, 0.3) is 0 Å². The van der Waals surface area contributed by atoms with Crippen LogP contribution in [0.1, 0.15) is 48.5 Å². The highest BCUT2D eigenvalue weighted by molar-refractivity contribution is 6.39. The van der Waals surface area contributed by atoms with Crippen molar-refractivity contribution in [1.29, 1.82) is 0 Å². The van der Waals surface area contributed by atoms with Crippen LogP contribution < -0.4 is 0 Å². The predicted octanol–water partition coefficient (Wildman–Crippen LogP) is 6.37. The minimum Gasteiger partial charge on any atom is -0.326 e. The summed E-state index contributed by atoms with van der Waals surface area (Å²) >= 11 is 12.1. The summed E-state index contributed by atoms with van der Waals surface area (Å²) in [5.74, 6) is -3.37. The quantitative estimate of drug-likeness (QED) is 0.219. The first-order chi connectivity index (χ1) is 17.8. The maximum Gasteiger partial charge on any atom is 0.478 e. The maximum atomic E-state index is 14.1. The number of benzene rings is 1. The van der Waals surface area contributed by atoms with Crippen LogP contribution in [-0.4, -0.2) is 50.6 Å². The van der Waals surface area contributed by atoms with Crippen molar-refractivity contribution in [3.63, 3.8) is 0 Å². The number of rotatable bonds is 7. The summed E-state index contributed by atoms with van der Waals surface area (Å²) < 4.78 is 71.1. The van der Waals surface area contributed by atoms with Gasteiger partial charge in [0.05, 0.1) is 22.2 Å². The fraction of sp³-hybridized carbons (Fsp3) is 0.385. The third kappa shape index (κ3) is 6.07. The first-order valence-electron chi connectivity index (χ1n) is 11.9. The Bertz CT molecular complexity index is 1290. The molecule has 2 aromatic rings. The SMILES string of the molecule is CC1CCC([N+]2=C(C(F)(F)F)C(C(=O)N(CC(=O)c3c(Cl)cncc3Cl)Cc3cc(F)cc(F)c3)=C2)CC1. The summed E-state index contributed by atoms with van der Waals surface area (Å²) in [6.07, 6.45) is 1.24. The minimum atomic E-state index is -4.83. The first kappa shape index (κ1) is 28.2. The second-order valence-electron chi connectivity index (χ2n) is 9.55. The number of nitrogens with zero attached hydrogens (tertiary/aromatic N) is 3. The molecule has 1 aromatic heterocycles. The fourth-order valence-corrected chi connectivity index (χ4v) is 5.40. The molecule has 1 aliphatic heterocycles. The van der Waals surface area contributed by atoms with Gasteiger partial charge in [0.1, 0.15) is 11.6 Å². The van der Waals surface area contributed by atoms with E-state index in [-0.39, 0.29) is 21.2 Å². The molecule has 1 aliphatic carbocycles. The number of alkyl halides is 3. The van der Waals surface area contributed by atoms with Gasteiger partial charge in [-0.3, -0.25) is 14.6 Å². The summed E-state index contributed by atoms with van der Waals surface area (Å²) in [5.41, 5.74) is -1.95. The van der Waals surface area contributed by atoms with E-state index in [9.17, 15) is 31.5 Å². The van der Waals surface area contributed by atoms with Crippen molar-refractivity contribution < 1.29 is 36.1 Å². The van der Waals surface area contributed by atoms with Crippen molar-refractivity contribution in [2.24, 2.45) is 5.92 Å². The van der Waals surface area contributed by atoms with Crippen LogP contribution in [0.2, 0.25) is 10.0 Å². The van der Waals surface area contributed by atoms with E-state index in [0.29, 0.717) is 24.8 Å². The lowest BCUT2D eigenvalue weighted by Gasteiger charge is -2.30. The highest BCUT2D eigenvalue weighted by atomic mass is 35.5. The molecule has 1 amide bonds. The Morgan fingerprint density at radius 3 is 2.16 bits per heavy atom. The Morgan fingerprint density at radius 2 is 1.61 bits per heavy atom. The number of hydrogen-bond acceptors (Lipinski definition) is 3. The van der Waals surface area contributed by atoms with Gasteiger partial charge in [-0.2, -0.15) is 17.7 Å². The van der Waals surface area contributed by atoms with Crippen LogP contribution >= 0.6 is 23.2 Å². The second kappa shape index (κ2) is 11.1. The van der Waals surface area contributed by atoms with Gasteiger partial charge in [0.25, 0.3) is 5.91 Å². The highest BCUT2D eigenvalue weighted by Crippen LogP contribution is 2.34. The monoisotopic (exact) mass is 574 g/mol. The highest BCUT2D eigenvalue weighted by Gasteiger charge is 2.56. The van der Waals surface area contributed by atoms with Gasteiger partial charge < -0.3 is 4.90 Å². The number of pyridine rings is 1. The number of aromatic nitrogens is 1. The van der Waals surface area contributed by atoms with Crippen LogP contribution in [0.4, 0.5) is 22.0 Å². The molecule has 202 valence electrons. The number of hydrogen-bond donors (Lipinski definition) is 0. The van der Waals surface area contributed by atoms with Crippen molar-refractivity contribution in [3.05, 3.63) is 75.2 Å². The third-order valence-corrected chi connectivity index (χ3v) is 7.28. The van der Waals surface area contributed by atoms with E-state index >= 15 is 0 Å². The molecule has 12 heteroatoms. The lowest BCUT2D eigenvalue weighted by Crippen LogP contribution is -2.50. The molecule has 0 saturated heterocycles. The van der Waals surface area contributed by atoms with Gasteiger partial charge >= 0.3 is 11.9 Å². The van der Waals surface area contributed by atoms with Gasteiger partial charge in [-0.05, 0) is 36.5 Å². The fourth-order valence-electron chi connectivity index (χ4n) is 4.82. The van der Waals surface area contributed by atoms with Crippen LogP contribution in [-0.2, 0) is 11.3 Å². The topological polar surface area (TPSA) is 53.3 Å². The van der Waals surface area contributed by atoms with Crippen molar-refractivity contribution >= 4 is 40.6 Å². The molecule has 2 aliphatic rings. The predicted molar refractivity (Wildman–Crippen MR) is 131 cm³/mol. The molecule has 0 radical (unpaired) electrons. The summed E-state index contributed by atoms with van der Waals surface area (Å²) in [6.45, 7) is 0.754. The molecule has 1 saturated carbocycles. The van der Waals surface area contributed by atoms with E-state index in [1.807, 2.05) is 6.92 Å². The lowest BCUT2D eigenvalue weighted by molar-refractivity contribution is -0.523. The standard InChI is InChI=1S/C26H23Cl2F5N3O2/c1-14-2-4-18(5-3-14)36-12-19(24(36)26(31,32)33)25(38)35(11-15-6-16(29)8-17(30)7-15)13-22(37)23-20(27)9-34-10-21(23)28/h6-10,12,14,18H,2-5,11,13H2,1H3/q+1. The zero-order valence-electron chi connectivity index (χ0n) is 20.2. The molecule has 1 aromatic carbocycles. The molecular weight excluding hydrogens is 552 g/mol. The van der Waals surface area contributed by atoms with Gasteiger partial charge in [-0.25, -0.2) is 8.78 Å². The minimum absolute atomic E-state index is 0.0535. The summed E-state index contributed by atoms with van der Waals surface area (Å²) in [4.78, 5) is 31.1. The zero-order chi connectivity index (χ0) is 27.8. The molecule has 2 heterocycles. The Kier molecular flexibility index (Phi) is 8.23. The molecule has 38 heavy (non-hydrogen) atoms. The molecule has 0 spiro atoms. The average Bonchev–Trinajstić information content (AvgIpc) is 2.77. The summed E-state index contributed by atoms with van der Waals surface area (Å²) in [7, 11) is 0. The van der Waals surface area contributed by atoms with Gasteiger partial charge in [0.15, 0.2) is 23.6 Å². The number of carbonyl (C=O) groups is 2. The molecule has 0 bridgehead atoms. The summed E-state index contributed by atoms with van der Waals surface area (Å²) in [5, 5.41) is -0.232. The second-order valence-corrected chi connectivity index (χ2v) is 10.4. The summed E-state index contributed by atoms with van der Waals surface area (Å²) in [6, 6.07) is 2.07. The number of halogens is 7. The Hall–Kier alpha value is -2.85. The Labute approximate surface area is 225 Å². The molecule has 0 N–H and O–H groups in total. The van der Waals surface area contributed by atoms with E-state index in [0.717, 1.165) is 53.0 Å². The van der Waals surface area contributed by atoms with Gasteiger partial charge in [-0.15, -0.1) is 0 Å². The van der Waals surface area contributed by atoms with E-state index in [1.165, 1.54) is 0 Å². The van der Waals surface area contributed by atoms with E-state index < -0.39 is 59.9 Å².